The van der Waals surface area contributed by atoms with Crippen molar-refractivity contribution in [2.24, 2.45) is 5.41 Å². The lowest BCUT2D eigenvalue weighted by molar-refractivity contribution is -0.131. The topological polar surface area (TPSA) is 71.3 Å². The van der Waals surface area contributed by atoms with E-state index >= 15 is 0 Å². The molecule has 1 saturated carbocycles. The fourth-order valence-corrected chi connectivity index (χ4v) is 3.24. The molecule has 1 aromatic heterocycles. The second-order valence-electron chi connectivity index (χ2n) is 6.83. The summed E-state index contributed by atoms with van der Waals surface area (Å²) < 4.78 is 32.4. The molecule has 1 aliphatic heterocycles. The summed E-state index contributed by atoms with van der Waals surface area (Å²) in [6.45, 7) is 2.30. The van der Waals surface area contributed by atoms with Gasteiger partial charge in [0, 0.05) is 17.5 Å². The van der Waals surface area contributed by atoms with Crippen molar-refractivity contribution >= 4 is 11.9 Å². The molecular weight excluding hydrogens is 330 g/mol. The largest absolute Gasteiger partial charge is 0.403 e. The van der Waals surface area contributed by atoms with Gasteiger partial charge in [0.1, 0.15) is 18.0 Å². The van der Waals surface area contributed by atoms with Gasteiger partial charge in [-0.25, -0.2) is 8.78 Å². The number of halogens is 2. The number of hydrogen-bond acceptors (Lipinski definition) is 5. The number of benzene rings is 1. The SMILES string of the molecule is C[C@@H](Nc1nnc(-c2ccc(F)cc2)o1)C(=O)N1C[C@H](F)C2(CC2)C1. The van der Waals surface area contributed by atoms with Gasteiger partial charge < -0.3 is 14.6 Å². The van der Waals surface area contributed by atoms with Crippen LogP contribution in [0.3, 0.4) is 0 Å². The van der Waals surface area contributed by atoms with Gasteiger partial charge in [-0.1, -0.05) is 5.10 Å². The molecule has 132 valence electrons. The van der Waals surface area contributed by atoms with Crippen LogP contribution in [0.5, 0.6) is 0 Å². The Morgan fingerprint density at radius 2 is 2.08 bits per heavy atom. The van der Waals surface area contributed by atoms with E-state index in [2.05, 4.69) is 15.5 Å². The number of anilines is 1. The summed E-state index contributed by atoms with van der Waals surface area (Å²) in [7, 11) is 0. The number of amides is 1. The smallest absolute Gasteiger partial charge is 0.316 e. The summed E-state index contributed by atoms with van der Waals surface area (Å²) in [4.78, 5) is 14.1. The van der Waals surface area contributed by atoms with E-state index in [4.69, 9.17) is 4.42 Å². The summed E-state index contributed by atoms with van der Waals surface area (Å²) in [5.41, 5.74) is 0.284. The molecule has 25 heavy (non-hydrogen) atoms. The number of alkyl halides is 1. The minimum Gasteiger partial charge on any atom is -0.403 e. The number of hydrogen-bond donors (Lipinski definition) is 1. The zero-order valence-electron chi connectivity index (χ0n) is 13.7. The van der Waals surface area contributed by atoms with Gasteiger partial charge in [0.15, 0.2) is 0 Å². The molecule has 2 heterocycles. The predicted octanol–water partition coefficient (Wildman–Crippen LogP) is 2.64. The molecule has 2 fully saturated rings. The fraction of sp³-hybridized carbons (Fsp3) is 0.471. The monoisotopic (exact) mass is 348 g/mol. The molecule has 0 bridgehead atoms. The van der Waals surface area contributed by atoms with Crippen molar-refractivity contribution in [2.45, 2.75) is 32.0 Å². The Morgan fingerprint density at radius 1 is 1.36 bits per heavy atom. The first kappa shape index (κ1) is 16.0. The standard InChI is InChI=1S/C17H18F2N4O2/c1-10(15(24)23-8-13(19)17(9-23)6-7-17)20-16-22-21-14(25-16)11-2-4-12(18)5-3-11/h2-5,10,13H,6-9H2,1H3,(H,20,22)/t10-,13+/m1/s1. The number of rotatable bonds is 4. The highest BCUT2D eigenvalue weighted by Gasteiger charge is 2.56. The maximum absolute atomic E-state index is 14.0. The lowest BCUT2D eigenvalue weighted by Gasteiger charge is -2.20. The van der Waals surface area contributed by atoms with Crippen LogP contribution in [0.1, 0.15) is 19.8 Å². The summed E-state index contributed by atoms with van der Waals surface area (Å²) in [5, 5.41) is 10.6. The Bertz CT molecular complexity index is 788. The van der Waals surface area contributed by atoms with E-state index < -0.39 is 12.2 Å². The minimum atomic E-state index is -0.933. The molecule has 1 aromatic carbocycles. The third-order valence-electron chi connectivity index (χ3n) is 4.98. The Hall–Kier alpha value is -2.51. The van der Waals surface area contributed by atoms with Gasteiger partial charge in [-0.3, -0.25) is 4.79 Å². The molecule has 2 aliphatic rings. The van der Waals surface area contributed by atoms with Crippen LogP contribution in [0.4, 0.5) is 14.8 Å². The zero-order valence-corrected chi connectivity index (χ0v) is 13.7. The van der Waals surface area contributed by atoms with E-state index in [1.165, 1.54) is 24.3 Å². The number of carbonyl (C=O) groups excluding carboxylic acids is 1. The quantitative estimate of drug-likeness (QED) is 0.920. The maximum atomic E-state index is 14.0. The molecule has 1 aliphatic carbocycles. The van der Waals surface area contributed by atoms with Crippen molar-refractivity contribution in [1.82, 2.24) is 15.1 Å². The van der Waals surface area contributed by atoms with Gasteiger partial charge in [0.05, 0.1) is 6.54 Å². The first-order chi connectivity index (χ1) is 12.0. The number of likely N-dealkylation sites (tertiary alicyclic amines) is 1. The van der Waals surface area contributed by atoms with Gasteiger partial charge >= 0.3 is 6.01 Å². The molecule has 1 amide bonds. The summed E-state index contributed by atoms with van der Waals surface area (Å²) in [6.07, 6.45) is 0.770. The first-order valence-electron chi connectivity index (χ1n) is 8.26. The molecule has 0 unspecified atom stereocenters. The second-order valence-corrected chi connectivity index (χ2v) is 6.83. The average molecular weight is 348 g/mol. The van der Waals surface area contributed by atoms with Crippen LogP contribution in [-0.2, 0) is 4.79 Å². The molecule has 1 N–H and O–H groups in total. The third kappa shape index (κ3) is 2.96. The number of nitrogens with one attached hydrogen (secondary N) is 1. The third-order valence-corrected chi connectivity index (χ3v) is 4.98. The minimum absolute atomic E-state index is 0.0947. The molecule has 0 radical (unpaired) electrons. The summed E-state index contributed by atoms with van der Waals surface area (Å²) >= 11 is 0. The van der Waals surface area contributed by atoms with E-state index in [0.29, 0.717) is 12.1 Å². The van der Waals surface area contributed by atoms with Crippen LogP contribution in [0.2, 0.25) is 0 Å². The van der Waals surface area contributed by atoms with E-state index in [1.807, 2.05) is 0 Å². The van der Waals surface area contributed by atoms with E-state index in [-0.39, 0.29) is 35.6 Å². The van der Waals surface area contributed by atoms with Crippen molar-refractivity contribution in [2.75, 3.05) is 18.4 Å². The van der Waals surface area contributed by atoms with Crippen molar-refractivity contribution < 1.29 is 18.0 Å². The number of nitrogens with zero attached hydrogens (tertiary/aromatic N) is 3. The van der Waals surface area contributed by atoms with E-state index in [1.54, 1.807) is 11.8 Å². The molecule has 4 rings (SSSR count). The van der Waals surface area contributed by atoms with Crippen molar-refractivity contribution in [3.05, 3.63) is 30.1 Å². The van der Waals surface area contributed by atoms with Gasteiger partial charge in [-0.15, -0.1) is 5.10 Å². The molecular formula is C17H18F2N4O2. The maximum Gasteiger partial charge on any atom is 0.316 e. The average Bonchev–Trinajstić information content (AvgIpc) is 3.11. The Morgan fingerprint density at radius 3 is 2.72 bits per heavy atom. The normalized spacial score (nSPS) is 22.2. The number of aromatic nitrogens is 2. The molecule has 2 atom stereocenters. The van der Waals surface area contributed by atoms with Crippen LogP contribution in [0.25, 0.3) is 11.5 Å². The Kier molecular flexibility index (Phi) is 3.70. The van der Waals surface area contributed by atoms with Crippen LogP contribution >= 0.6 is 0 Å². The highest BCUT2D eigenvalue weighted by Crippen LogP contribution is 2.54. The highest BCUT2D eigenvalue weighted by atomic mass is 19.1. The Balaban J connectivity index is 1.40. The zero-order chi connectivity index (χ0) is 17.6. The van der Waals surface area contributed by atoms with Crippen molar-refractivity contribution in [3.63, 3.8) is 0 Å². The van der Waals surface area contributed by atoms with E-state index in [0.717, 1.165) is 12.8 Å². The summed E-state index contributed by atoms with van der Waals surface area (Å²) in [5.74, 6) is -0.317. The predicted molar refractivity (Wildman–Crippen MR) is 85.9 cm³/mol. The van der Waals surface area contributed by atoms with Crippen LogP contribution < -0.4 is 5.32 Å². The van der Waals surface area contributed by atoms with Gasteiger partial charge in [0.2, 0.25) is 11.8 Å². The van der Waals surface area contributed by atoms with Gasteiger partial charge in [-0.2, -0.15) is 0 Å². The van der Waals surface area contributed by atoms with Gasteiger partial charge in [0.25, 0.3) is 0 Å². The lowest BCUT2D eigenvalue weighted by atomic mass is 10.1. The highest BCUT2D eigenvalue weighted by molar-refractivity contribution is 5.84. The van der Waals surface area contributed by atoms with Crippen LogP contribution in [-0.4, -0.2) is 46.3 Å². The number of carbonyl (C=O) groups is 1. The molecule has 6 nitrogen and oxygen atoms in total. The van der Waals surface area contributed by atoms with E-state index in [9.17, 15) is 13.6 Å². The van der Waals surface area contributed by atoms with Crippen molar-refractivity contribution in [3.8, 4) is 11.5 Å². The Labute approximate surface area is 143 Å². The van der Waals surface area contributed by atoms with Gasteiger partial charge in [-0.05, 0) is 44.0 Å². The molecule has 1 spiro atoms. The fourth-order valence-electron chi connectivity index (χ4n) is 3.24. The summed E-state index contributed by atoms with van der Waals surface area (Å²) in [6, 6.07) is 5.14. The molecule has 2 aromatic rings. The van der Waals surface area contributed by atoms with Crippen LogP contribution in [0, 0.1) is 11.2 Å². The lowest BCUT2D eigenvalue weighted by Crippen LogP contribution is -2.40. The molecule has 1 saturated heterocycles. The molecule has 8 heteroatoms. The first-order valence-corrected chi connectivity index (χ1v) is 8.26. The van der Waals surface area contributed by atoms with Crippen molar-refractivity contribution in [1.29, 1.82) is 0 Å². The second kappa shape index (κ2) is 5.79. The van der Waals surface area contributed by atoms with Crippen LogP contribution in [0.15, 0.2) is 28.7 Å².